The summed E-state index contributed by atoms with van der Waals surface area (Å²) in [6.45, 7) is 7.38. The lowest BCUT2D eigenvalue weighted by Crippen LogP contribution is -2.35. The third-order valence-electron chi connectivity index (χ3n) is 4.60. The van der Waals surface area contributed by atoms with Gasteiger partial charge in [-0.15, -0.1) is 0 Å². The van der Waals surface area contributed by atoms with Gasteiger partial charge in [0.2, 0.25) is 0 Å². The van der Waals surface area contributed by atoms with E-state index in [0.717, 1.165) is 11.5 Å². The Labute approximate surface area is 123 Å². The van der Waals surface area contributed by atoms with E-state index in [1.807, 2.05) is 0 Å². The first kappa shape index (κ1) is 15.5. The second-order valence-corrected chi connectivity index (χ2v) is 6.70. The Morgan fingerprint density at radius 3 is 2.15 bits per heavy atom. The van der Waals surface area contributed by atoms with Crippen LogP contribution in [0.15, 0.2) is 24.3 Å². The first-order valence-electron chi connectivity index (χ1n) is 8.07. The molecule has 1 aliphatic carbocycles. The van der Waals surface area contributed by atoms with Gasteiger partial charge in [0.15, 0.2) is 0 Å². The zero-order valence-corrected chi connectivity index (χ0v) is 13.1. The van der Waals surface area contributed by atoms with E-state index in [-0.39, 0.29) is 0 Å². The predicted molar refractivity (Wildman–Crippen MR) is 84.9 cm³/mol. The molecule has 2 rings (SSSR count). The van der Waals surface area contributed by atoms with E-state index in [1.54, 1.807) is 0 Å². The summed E-state index contributed by atoms with van der Waals surface area (Å²) in [6.07, 6.45) is 4.74. The van der Waals surface area contributed by atoms with Crippen molar-refractivity contribution in [2.24, 2.45) is 5.92 Å². The summed E-state index contributed by atoms with van der Waals surface area (Å²) in [4.78, 5) is 0. The summed E-state index contributed by atoms with van der Waals surface area (Å²) < 4.78 is 0. The highest BCUT2D eigenvalue weighted by Gasteiger charge is 2.18. The van der Waals surface area contributed by atoms with Crippen LogP contribution in [-0.4, -0.2) is 17.7 Å². The fourth-order valence-corrected chi connectivity index (χ4v) is 2.96. The number of aliphatic hydroxyl groups is 1. The fraction of sp³-hybridized carbons (Fsp3) is 0.667. The van der Waals surface area contributed by atoms with Gasteiger partial charge in [-0.25, -0.2) is 0 Å². The van der Waals surface area contributed by atoms with Crippen molar-refractivity contribution < 1.29 is 5.11 Å². The fourth-order valence-electron chi connectivity index (χ4n) is 2.96. The summed E-state index contributed by atoms with van der Waals surface area (Å²) in [5, 5.41) is 13.8. The predicted octanol–water partition coefficient (Wildman–Crippen LogP) is 4.01. The van der Waals surface area contributed by atoms with Crippen molar-refractivity contribution in [1.82, 2.24) is 5.32 Å². The molecule has 2 N–H and O–H groups in total. The molecule has 20 heavy (non-hydrogen) atoms. The van der Waals surface area contributed by atoms with Crippen molar-refractivity contribution in [1.29, 1.82) is 0 Å². The summed E-state index contributed by atoms with van der Waals surface area (Å²) >= 11 is 0. The van der Waals surface area contributed by atoms with E-state index in [2.05, 4.69) is 50.4 Å². The Hall–Kier alpha value is -0.860. The highest BCUT2D eigenvalue weighted by Crippen LogP contribution is 2.24. The normalized spacial score (nSPS) is 24.9. The molecule has 1 aromatic rings. The maximum absolute atomic E-state index is 10.3. The molecule has 1 aliphatic rings. The molecule has 0 heterocycles. The molecule has 0 bridgehead atoms. The molecular formula is C18H29NO. The Morgan fingerprint density at radius 1 is 1.05 bits per heavy atom. The molecule has 0 spiro atoms. The molecule has 1 saturated carbocycles. The topological polar surface area (TPSA) is 32.3 Å². The quantitative estimate of drug-likeness (QED) is 0.851. The van der Waals surface area contributed by atoms with Crippen molar-refractivity contribution in [2.75, 3.05) is 6.54 Å². The Balaban J connectivity index is 1.80. The lowest BCUT2D eigenvalue weighted by atomic mass is 9.87. The van der Waals surface area contributed by atoms with Crippen molar-refractivity contribution in [3.63, 3.8) is 0 Å². The third-order valence-corrected chi connectivity index (χ3v) is 4.60. The minimum Gasteiger partial charge on any atom is -0.387 e. The highest BCUT2D eigenvalue weighted by molar-refractivity contribution is 5.26. The second-order valence-electron chi connectivity index (χ2n) is 6.70. The first-order chi connectivity index (χ1) is 9.56. The van der Waals surface area contributed by atoms with Gasteiger partial charge in [-0.3, -0.25) is 0 Å². The first-order valence-corrected chi connectivity index (χ1v) is 8.07. The van der Waals surface area contributed by atoms with Gasteiger partial charge in [-0.2, -0.15) is 0 Å². The van der Waals surface area contributed by atoms with Crippen LogP contribution >= 0.6 is 0 Å². The summed E-state index contributed by atoms with van der Waals surface area (Å²) in [7, 11) is 0. The Morgan fingerprint density at radius 2 is 1.60 bits per heavy atom. The molecule has 0 saturated heterocycles. The lowest BCUT2D eigenvalue weighted by Gasteiger charge is -2.28. The smallest absolute Gasteiger partial charge is 0.0914 e. The van der Waals surface area contributed by atoms with Crippen LogP contribution in [0.25, 0.3) is 0 Å². The zero-order chi connectivity index (χ0) is 14.5. The van der Waals surface area contributed by atoms with Gasteiger partial charge in [0, 0.05) is 12.6 Å². The summed E-state index contributed by atoms with van der Waals surface area (Å²) in [5.41, 5.74) is 2.35. The molecule has 2 nitrogen and oxygen atoms in total. The van der Waals surface area contributed by atoms with Gasteiger partial charge < -0.3 is 10.4 Å². The second kappa shape index (κ2) is 7.24. The van der Waals surface area contributed by atoms with Crippen LogP contribution in [-0.2, 0) is 0 Å². The van der Waals surface area contributed by atoms with E-state index in [0.29, 0.717) is 18.5 Å². The SMILES string of the molecule is CC1CCC(NCC(O)c2ccc(C(C)C)cc2)CC1. The third kappa shape index (κ3) is 4.32. The number of aliphatic hydroxyl groups excluding tert-OH is 1. The number of rotatable bonds is 5. The van der Waals surface area contributed by atoms with Crippen molar-refractivity contribution >= 4 is 0 Å². The molecule has 2 heteroatoms. The van der Waals surface area contributed by atoms with Crippen LogP contribution in [0.3, 0.4) is 0 Å². The van der Waals surface area contributed by atoms with Gasteiger partial charge in [0.25, 0.3) is 0 Å². The van der Waals surface area contributed by atoms with Crippen LogP contribution in [0.5, 0.6) is 0 Å². The van der Waals surface area contributed by atoms with Gasteiger partial charge in [-0.1, -0.05) is 45.0 Å². The molecule has 1 atom stereocenters. The standard InChI is InChI=1S/C18H29NO/c1-13(2)15-6-8-16(9-7-15)18(20)12-19-17-10-4-14(3)5-11-17/h6-9,13-14,17-20H,4-5,10-12H2,1-3H3. The maximum Gasteiger partial charge on any atom is 0.0914 e. The lowest BCUT2D eigenvalue weighted by molar-refractivity contribution is 0.163. The van der Waals surface area contributed by atoms with E-state index in [9.17, 15) is 5.11 Å². The van der Waals surface area contributed by atoms with Crippen LogP contribution in [0.4, 0.5) is 0 Å². The van der Waals surface area contributed by atoms with Gasteiger partial charge in [0.1, 0.15) is 0 Å². The van der Waals surface area contributed by atoms with Gasteiger partial charge in [0.05, 0.1) is 6.10 Å². The van der Waals surface area contributed by atoms with Crippen molar-refractivity contribution in [2.45, 2.75) is 64.5 Å². The van der Waals surface area contributed by atoms with Gasteiger partial charge in [-0.05, 0) is 48.6 Å². The monoisotopic (exact) mass is 275 g/mol. The van der Waals surface area contributed by atoms with Crippen LogP contribution < -0.4 is 5.32 Å². The van der Waals surface area contributed by atoms with E-state index >= 15 is 0 Å². The van der Waals surface area contributed by atoms with E-state index < -0.39 is 6.10 Å². The van der Waals surface area contributed by atoms with Crippen molar-refractivity contribution in [3.8, 4) is 0 Å². The van der Waals surface area contributed by atoms with Crippen LogP contribution in [0, 0.1) is 5.92 Å². The number of benzene rings is 1. The maximum atomic E-state index is 10.3. The molecular weight excluding hydrogens is 246 g/mol. The van der Waals surface area contributed by atoms with Crippen LogP contribution in [0.1, 0.15) is 69.6 Å². The molecule has 0 radical (unpaired) electrons. The molecule has 1 fully saturated rings. The number of hydrogen-bond acceptors (Lipinski definition) is 2. The number of hydrogen-bond donors (Lipinski definition) is 2. The van der Waals surface area contributed by atoms with E-state index in [1.165, 1.54) is 31.2 Å². The molecule has 0 aromatic heterocycles. The van der Waals surface area contributed by atoms with Crippen molar-refractivity contribution in [3.05, 3.63) is 35.4 Å². The summed E-state index contributed by atoms with van der Waals surface area (Å²) in [5.74, 6) is 1.42. The molecule has 1 unspecified atom stereocenters. The minimum absolute atomic E-state index is 0.393. The minimum atomic E-state index is -0.393. The average molecular weight is 275 g/mol. The Bertz CT molecular complexity index is 390. The molecule has 0 aliphatic heterocycles. The molecule has 112 valence electrons. The summed E-state index contributed by atoms with van der Waals surface area (Å²) in [6, 6.07) is 8.97. The van der Waals surface area contributed by atoms with Gasteiger partial charge >= 0.3 is 0 Å². The zero-order valence-electron chi connectivity index (χ0n) is 13.1. The van der Waals surface area contributed by atoms with Crippen LogP contribution in [0.2, 0.25) is 0 Å². The highest BCUT2D eigenvalue weighted by atomic mass is 16.3. The Kier molecular flexibility index (Phi) is 5.62. The number of nitrogens with one attached hydrogen (secondary N) is 1. The largest absolute Gasteiger partial charge is 0.387 e. The average Bonchev–Trinajstić information content (AvgIpc) is 2.46. The molecule has 0 amide bonds. The van der Waals surface area contributed by atoms with E-state index in [4.69, 9.17) is 0 Å². The molecule has 1 aromatic carbocycles.